The molecule has 0 aliphatic heterocycles. The van der Waals surface area contributed by atoms with E-state index in [1.807, 2.05) is 0 Å². The van der Waals surface area contributed by atoms with E-state index in [1.54, 1.807) is 32.9 Å². The molecule has 0 aliphatic carbocycles. The van der Waals surface area contributed by atoms with Crippen LogP contribution in [0.1, 0.15) is 30.8 Å². The number of hydrogen-bond acceptors (Lipinski definition) is 5. The molecule has 30 heavy (non-hydrogen) atoms. The van der Waals surface area contributed by atoms with Crippen LogP contribution in [0, 0.1) is 30.5 Å². The number of halogens is 1. The molecule has 0 fully saturated rings. The quantitative estimate of drug-likeness (QED) is 0.510. The summed E-state index contributed by atoms with van der Waals surface area (Å²) in [4.78, 5) is 16.9. The van der Waals surface area contributed by atoms with Gasteiger partial charge in [0.05, 0.1) is 12.8 Å². The summed E-state index contributed by atoms with van der Waals surface area (Å²) in [6, 6.07) is 9.95. The van der Waals surface area contributed by atoms with Crippen molar-refractivity contribution in [1.29, 1.82) is 0 Å². The van der Waals surface area contributed by atoms with Gasteiger partial charge in [0, 0.05) is 18.0 Å². The Hall–Kier alpha value is -2.65. The number of nitrogens with zero attached hydrogens (tertiary/aromatic N) is 1. The predicted octanol–water partition coefficient (Wildman–Crippen LogP) is 3.83. The summed E-state index contributed by atoms with van der Waals surface area (Å²) >= 11 is 0. The molecule has 2 rings (SSSR count). The minimum Gasteiger partial charge on any atom is -0.477 e. The normalized spacial score (nSPS) is 15.5. The van der Waals surface area contributed by atoms with E-state index in [2.05, 4.69) is 16.8 Å². The molecule has 1 aromatic carbocycles. The Morgan fingerprint density at radius 2 is 1.90 bits per heavy atom. The standard InChI is InChI=1S/C22H23FNO5P/c1-15(2)12-13-22(20(25)26,30(28)29-4)21(27,19-7-5-6-16(3)24-19)14-17-8-10-18(23)11-9-17/h5-11,15,27H,14H2,1-4H3/p+1. The lowest BCUT2D eigenvalue weighted by Gasteiger charge is -2.33. The molecule has 2 N–H and O–H groups in total. The van der Waals surface area contributed by atoms with Gasteiger partial charge in [0.25, 0.3) is 0 Å². The molecule has 2 aromatic rings. The summed E-state index contributed by atoms with van der Waals surface area (Å²) in [5, 5.41) is 19.6. The Morgan fingerprint density at radius 3 is 2.40 bits per heavy atom. The van der Waals surface area contributed by atoms with Gasteiger partial charge < -0.3 is 10.2 Å². The van der Waals surface area contributed by atoms with E-state index in [-0.39, 0.29) is 18.0 Å². The molecule has 3 unspecified atom stereocenters. The maximum atomic E-state index is 13.4. The molecule has 0 radical (unpaired) electrons. The molecule has 0 saturated carbocycles. The molecule has 0 aliphatic rings. The van der Waals surface area contributed by atoms with Gasteiger partial charge in [-0.3, -0.25) is 4.98 Å². The molecule has 158 valence electrons. The van der Waals surface area contributed by atoms with Crippen LogP contribution in [-0.4, -0.2) is 33.4 Å². The number of pyridine rings is 1. The van der Waals surface area contributed by atoms with Crippen LogP contribution in [0.25, 0.3) is 0 Å². The fraction of sp³-hybridized carbons (Fsp3) is 0.364. The third-order valence-corrected chi connectivity index (χ3v) is 6.13. The van der Waals surface area contributed by atoms with E-state index in [4.69, 9.17) is 4.52 Å². The zero-order chi connectivity index (χ0) is 22.5. The first-order valence-electron chi connectivity index (χ1n) is 9.25. The van der Waals surface area contributed by atoms with Crippen LogP contribution in [0.15, 0.2) is 42.5 Å². The molecule has 0 spiro atoms. The second-order valence-corrected chi connectivity index (χ2v) is 8.76. The fourth-order valence-electron chi connectivity index (χ4n) is 3.07. The minimum absolute atomic E-state index is 0.0207. The highest BCUT2D eigenvalue weighted by atomic mass is 31.1. The lowest BCUT2D eigenvalue weighted by Crippen LogP contribution is -2.56. The highest BCUT2D eigenvalue weighted by molar-refractivity contribution is 7.43. The van der Waals surface area contributed by atoms with Crippen molar-refractivity contribution in [1.82, 2.24) is 4.98 Å². The van der Waals surface area contributed by atoms with Crippen LogP contribution in [0.2, 0.25) is 0 Å². The topological polar surface area (TPSA) is 96.7 Å². The number of hydrogen-bond donors (Lipinski definition) is 2. The molecule has 0 saturated heterocycles. The molecule has 1 heterocycles. The van der Waals surface area contributed by atoms with Crippen molar-refractivity contribution in [2.45, 2.75) is 37.9 Å². The highest BCUT2D eigenvalue weighted by Crippen LogP contribution is 2.52. The summed E-state index contributed by atoms with van der Waals surface area (Å²) in [6.07, 6.45) is -0.326. The summed E-state index contributed by atoms with van der Waals surface area (Å²) in [5.74, 6) is 2.93. The maximum Gasteiger partial charge on any atom is 0.543 e. The van der Waals surface area contributed by atoms with Crippen molar-refractivity contribution in [2.24, 2.45) is 5.92 Å². The Bertz CT molecular complexity index is 999. The average molecular weight is 432 g/mol. The third kappa shape index (κ3) is 4.57. The van der Waals surface area contributed by atoms with E-state index >= 15 is 0 Å². The van der Waals surface area contributed by atoms with Crippen LogP contribution >= 0.6 is 8.03 Å². The lowest BCUT2D eigenvalue weighted by atomic mass is 9.78. The average Bonchev–Trinajstić information content (AvgIpc) is 2.69. The number of aliphatic hydroxyl groups is 1. The van der Waals surface area contributed by atoms with Crippen LogP contribution < -0.4 is 0 Å². The minimum atomic E-state index is -3.01. The first-order chi connectivity index (χ1) is 14.1. The van der Waals surface area contributed by atoms with Crippen LogP contribution in [0.3, 0.4) is 0 Å². The van der Waals surface area contributed by atoms with Crippen molar-refractivity contribution >= 4 is 14.0 Å². The number of aliphatic carboxylic acids is 1. The largest absolute Gasteiger partial charge is 0.543 e. The molecule has 0 bridgehead atoms. The number of aromatic nitrogens is 1. The van der Waals surface area contributed by atoms with E-state index in [1.165, 1.54) is 30.3 Å². The van der Waals surface area contributed by atoms with Gasteiger partial charge in [-0.2, -0.15) is 0 Å². The van der Waals surface area contributed by atoms with Crippen molar-refractivity contribution < 1.29 is 28.5 Å². The molecule has 3 atom stereocenters. The van der Waals surface area contributed by atoms with Crippen LogP contribution in [-0.2, 0) is 25.9 Å². The summed E-state index contributed by atoms with van der Waals surface area (Å²) < 4.78 is 31.4. The van der Waals surface area contributed by atoms with Gasteiger partial charge in [0.15, 0.2) is 5.60 Å². The molecular formula is C22H24FNO5P+. The number of aryl methyl sites for hydroxylation is 1. The number of carboxylic acids is 1. The zero-order valence-corrected chi connectivity index (χ0v) is 18.1. The second-order valence-electron chi connectivity index (χ2n) is 7.21. The van der Waals surface area contributed by atoms with Crippen LogP contribution in [0.5, 0.6) is 0 Å². The SMILES string of the molecule is CO[P+](=O)C(C#CC(C)C)(C(=O)O)C(O)(Cc1ccc(F)cc1)c1cccc(C)n1. The van der Waals surface area contributed by atoms with Gasteiger partial charge in [-0.05, 0) is 47.2 Å². The second kappa shape index (κ2) is 9.44. The number of benzene rings is 1. The summed E-state index contributed by atoms with van der Waals surface area (Å²) in [5.41, 5.74) is -1.42. The van der Waals surface area contributed by atoms with Gasteiger partial charge >= 0.3 is 19.2 Å². The Balaban J connectivity index is 2.88. The van der Waals surface area contributed by atoms with Crippen molar-refractivity contribution in [3.8, 4) is 11.8 Å². The smallest absolute Gasteiger partial charge is 0.477 e. The Morgan fingerprint density at radius 1 is 1.27 bits per heavy atom. The Kier molecular flexibility index (Phi) is 7.44. The van der Waals surface area contributed by atoms with E-state index in [0.29, 0.717) is 11.3 Å². The van der Waals surface area contributed by atoms with Crippen molar-refractivity contribution in [3.05, 3.63) is 65.2 Å². The lowest BCUT2D eigenvalue weighted by molar-refractivity contribution is -0.146. The monoisotopic (exact) mass is 432 g/mol. The summed E-state index contributed by atoms with van der Waals surface area (Å²) in [7, 11) is -1.91. The maximum absolute atomic E-state index is 13.4. The van der Waals surface area contributed by atoms with E-state index in [0.717, 1.165) is 7.11 Å². The van der Waals surface area contributed by atoms with Gasteiger partial charge in [-0.25, -0.2) is 9.18 Å². The number of carbonyl (C=O) groups is 1. The first-order valence-corrected chi connectivity index (χ1v) is 10.4. The first kappa shape index (κ1) is 23.6. The van der Waals surface area contributed by atoms with E-state index in [9.17, 15) is 24.0 Å². The predicted molar refractivity (Wildman–Crippen MR) is 111 cm³/mol. The van der Waals surface area contributed by atoms with Gasteiger partial charge in [0.2, 0.25) is 0 Å². The third-order valence-electron chi connectivity index (χ3n) is 4.57. The van der Waals surface area contributed by atoms with Crippen molar-refractivity contribution in [2.75, 3.05) is 7.11 Å². The number of rotatable bonds is 7. The zero-order valence-electron chi connectivity index (χ0n) is 17.2. The van der Waals surface area contributed by atoms with Gasteiger partial charge in [0.1, 0.15) is 5.82 Å². The van der Waals surface area contributed by atoms with Gasteiger partial charge in [-0.15, -0.1) is 4.52 Å². The molecule has 0 amide bonds. The van der Waals surface area contributed by atoms with E-state index < -0.39 is 30.6 Å². The fourth-order valence-corrected chi connectivity index (χ4v) is 4.15. The molecular weight excluding hydrogens is 408 g/mol. The number of carboxylic acid groups (broad SMARTS) is 1. The Labute approximate surface area is 176 Å². The van der Waals surface area contributed by atoms with Crippen molar-refractivity contribution in [3.63, 3.8) is 0 Å². The molecule has 6 nitrogen and oxygen atoms in total. The van der Waals surface area contributed by atoms with Gasteiger partial charge in [-0.1, -0.05) is 38.0 Å². The molecule has 8 heteroatoms. The van der Waals surface area contributed by atoms with Crippen LogP contribution in [0.4, 0.5) is 4.39 Å². The highest BCUT2D eigenvalue weighted by Gasteiger charge is 2.72. The summed E-state index contributed by atoms with van der Waals surface area (Å²) in [6.45, 7) is 5.16. The molecule has 1 aromatic heterocycles.